The van der Waals surface area contributed by atoms with E-state index in [0.717, 1.165) is 13.0 Å². The Morgan fingerprint density at radius 3 is 2.30 bits per heavy atom. The molecular formula is C18H22BrN. The molecule has 0 saturated heterocycles. The molecule has 106 valence electrons. The summed E-state index contributed by atoms with van der Waals surface area (Å²) in [5.74, 6) is 0.593. The van der Waals surface area contributed by atoms with Gasteiger partial charge in [-0.3, -0.25) is 0 Å². The molecule has 0 aliphatic heterocycles. The molecule has 0 radical (unpaired) electrons. The van der Waals surface area contributed by atoms with Crippen molar-refractivity contribution in [1.82, 2.24) is 5.32 Å². The lowest BCUT2D eigenvalue weighted by molar-refractivity contribution is 0.530. The van der Waals surface area contributed by atoms with Crippen molar-refractivity contribution < 1.29 is 0 Å². The fourth-order valence-corrected chi connectivity index (χ4v) is 3.03. The Morgan fingerprint density at radius 2 is 1.60 bits per heavy atom. The van der Waals surface area contributed by atoms with Crippen LogP contribution >= 0.6 is 15.9 Å². The van der Waals surface area contributed by atoms with Crippen LogP contribution in [0, 0.1) is 0 Å². The SMILES string of the molecule is CC(CCN[C@@H](C)c1ccccc1Br)c1ccccc1. The molecule has 0 aliphatic carbocycles. The van der Waals surface area contributed by atoms with Crippen LogP contribution in [0.4, 0.5) is 0 Å². The molecule has 0 aliphatic rings. The van der Waals surface area contributed by atoms with Crippen LogP contribution in [-0.2, 0) is 0 Å². The van der Waals surface area contributed by atoms with Gasteiger partial charge < -0.3 is 5.32 Å². The van der Waals surface area contributed by atoms with E-state index in [0.29, 0.717) is 12.0 Å². The number of benzene rings is 2. The lowest BCUT2D eigenvalue weighted by Crippen LogP contribution is -2.21. The summed E-state index contributed by atoms with van der Waals surface area (Å²) in [6.07, 6.45) is 1.15. The van der Waals surface area contributed by atoms with Gasteiger partial charge in [0.1, 0.15) is 0 Å². The Hall–Kier alpha value is -1.12. The lowest BCUT2D eigenvalue weighted by Gasteiger charge is -2.18. The van der Waals surface area contributed by atoms with Crippen LogP contribution in [0.15, 0.2) is 59.1 Å². The topological polar surface area (TPSA) is 12.0 Å². The average Bonchev–Trinajstić information content (AvgIpc) is 2.48. The summed E-state index contributed by atoms with van der Waals surface area (Å²) in [7, 11) is 0. The normalized spacial score (nSPS) is 13.9. The minimum atomic E-state index is 0.369. The van der Waals surface area contributed by atoms with E-state index in [1.54, 1.807) is 0 Å². The van der Waals surface area contributed by atoms with E-state index in [2.05, 4.69) is 89.7 Å². The second-order valence-electron chi connectivity index (χ2n) is 5.30. The fraction of sp³-hybridized carbons (Fsp3) is 0.333. The fourth-order valence-electron chi connectivity index (χ4n) is 2.40. The first-order valence-electron chi connectivity index (χ1n) is 7.21. The molecule has 0 heterocycles. The molecule has 1 unspecified atom stereocenters. The zero-order valence-electron chi connectivity index (χ0n) is 12.1. The smallest absolute Gasteiger partial charge is 0.0302 e. The van der Waals surface area contributed by atoms with Gasteiger partial charge in [-0.25, -0.2) is 0 Å². The van der Waals surface area contributed by atoms with Gasteiger partial charge in [0.05, 0.1) is 0 Å². The Labute approximate surface area is 130 Å². The summed E-state index contributed by atoms with van der Waals surface area (Å²) in [5.41, 5.74) is 2.74. The predicted octanol–water partition coefficient (Wildman–Crippen LogP) is 5.29. The van der Waals surface area contributed by atoms with Gasteiger partial charge >= 0.3 is 0 Å². The van der Waals surface area contributed by atoms with Gasteiger partial charge in [-0.1, -0.05) is 71.4 Å². The van der Waals surface area contributed by atoms with Crippen LogP contribution in [0.1, 0.15) is 43.4 Å². The third kappa shape index (κ3) is 4.19. The third-order valence-electron chi connectivity index (χ3n) is 3.77. The molecule has 2 atom stereocenters. The Morgan fingerprint density at radius 1 is 0.950 bits per heavy atom. The van der Waals surface area contributed by atoms with E-state index in [1.165, 1.54) is 15.6 Å². The number of rotatable bonds is 6. The predicted molar refractivity (Wildman–Crippen MR) is 90.0 cm³/mol. The summed E-state index contributed by atoms with van der Waals surface area (Å²) in [4.78, 5) is 0. The molecule has 2 aromatic carbocycles. The van der Waals surface area contributed by atoms with E-state index in [4.69, 9.17) is 0 Å². The molecule has 0 spiro atoms. The van der Waals surface area contributed by atoms with Crippen molar-refractivity contribution in [2.75, 3.05) is 6.54 Å². The quantitative estimate of drug-likeness (QED) is 0.757. The average molecular weight is 332 g/mol. The maximum absolute atomic E-state index is 3.61. The zero-order chi connectivity index (χ0) is 14.4. The molecule has 2 heteroatoms. The van der Waals surface area contributed by atoms with Crippen molar-refractivity contribution in [3.63, 3.8) is 0 Å². The zero-order valence-corrected chi connectivity index (χ0v) is 13.7. The largest absolute Gasteiger partial charge is 0.310 e. The minimum absolute atomic E-state index is 0.369. The van der Waals surface area contributed by atoms with Crippen molar-refractivity contribution in [1.29, 1.82) is 0 Å². The highest BCUT2D eigenvalue weighted by atomic mass is 79.9. The molecule has 0 saturated carbocycles. The van der Waals surface area contributed by atoms with Crippen molar-refractivity contribution >= 4 is 15.9 Å². The van der Waals surface area contributed by atoms with Crippen LogP contribution in [0.2, 0.25) is 0 Å². The number of hydrogen-bond acceptors (Lipinski definition) is 1. The van der Waals surface area contributed by atoms with Gasteiger partial charge in [0.15, 0.2) is 0 Å². The Balaban J connectivity index is 1.83. The summed E-state index contributed by atoms with van der Waals surface area (Å²) >= 11 is 3.61. The monoisotopic (exact) mass is 331 g/mol. The standard InChI is InChI=1S/C18H22BrN/c1-14(16-8-4-3-5-9-16)12-13-20-15(2)17-10-6-7-11-18(17)19/h3-11,14-15,20H,12-13H2,1-2H3/t14?,15-/m0/s1. The van der Waals surface area contributed by atoms with Gasteiger partial charge in [0.25, 0.3) is 0 Å². The van der Waals surface area contributed by atoms with E-state index >= 15 is 0 Å². The molecule has 1 nitrogen and oxygen atoms in total. The summed E-state index contributed by atoms with van der Waals surface area (Å²) < 4.78 is 1.18. The molecule has 1 N–H and O–H groups in total. The third-order valence-corrected chi connectivity index (χ3v) is 4.49. The molecule has 0 aromatic heterocycles. The van der Waals surface area contributed by atoms with Gasteiger partial charge in [-0.2, -0.15) is 0 Å². The number of nitrogens with one attached hydrogen (secondary N) is 1. The second kappa shape index (κ2) is 7.61. The van der Waals surface area contributed by atoms with Crippen LogP contribution in [0.3, 0.4) is 0 Å². The molecule has 0 amide bonds. The molecular weight excluding hydrogens is 310 g/mol. The van der Waals surface area contributed by atoms with Gasteiger partial charge in [-0.15, -0.1) is 0 Å². The number of halogens is 1. The van der Waals surface area contributed by atoms with Gasteiger partial charge in [-0.05, 0) is 43.0 Å². The molecule has 2 aromatic rings. The highest BCUT2D eigenvalue weighted by molar-refractivity contribution is 9.10. The lowest BCUT2D eigenvalue weighted by atomic mass is 9.98. The van der Waals surface area contributed by atoms with E-state index in [9.17, 15) is 0 Å². The molecule has 0 bridgehead atoms. The maximum Gasteiger partial charge on any atom is 0.0302 e. The van der Waals surface area contributed by atoms with Gasteiger partial charge in [0, 0.05) is 10.5 Å². The minimum Gasteiger partial charge on any atom is -0.310 e. The second-order valence-corrected chi connectivity index (χ2v) is 6.15. The first kappa shape index (κ1) is 15.3. The summed E-state index contributed by atoms with van der Waals surface area (Å²) in [6.45, 7) is 5.53. The molecule has 20 heavy (non-hydrogen) atoms. The van der Waals surface area contributed by atoms with Crippen molar-refractivity contribution in [3.8, 4) is 0 Å². The number of hydrogen-bond donors (Lipinski definition) is 1. The van der Waals surface area contributed by atoms with Gasteiger partial charge in [0.2, 0.25) is 0 Å². The summed E-state index contributed by atoms with van der Waals surface area (Å²) in [6, 6.07) is 19.5. The maximum atomic E-state index is 3.61. The van der Waals surface area contributed by atoms with Crippen LogP contribution in [0.25, 0.3) is 0 Å². The Bertz CT molecular complexity index is 524. The van der Waals surface area contributed by atoms with Crippen molar-refractivity contribution in [3.05, 3.63) is 70.2 Å². The van der Waals surface area contributed by atoms with Crippen LogP contribution < -0.4 is 5.32 Å². The Kier molecular flexibility index (Phi) is 5.81. The first-order valence-corrected chi connectivity index (χ1v) is 8.00. The van der Waals surface area contributed by atoms with Crippen molar-refractivity contribution in [2.24, 2.45) is 0 Å². The highest BCUT2D eigenvalue weighted by Gasteiger charge is 2.09. The molecule has 2 rings (SSSR count). The first-order chi connectivity index (χ1) is 9.68. The molecule has 0 fully saturated rings. The van der Waals surface area contributed by atoms with E-state index in [1.807, 2.05) is 0 Å². The highest BCUT2D eigenvalue weighted by Crippen LogP contribution is 2.23. The van der Waals surface area contributed by atoms with Crippen molar-refractivity contribution in [2.45, 2.75) is 32.2 Å². The van der Waals surface area contributed by atoms with E-state index < -0.39 is 0 Å². The summed E-state index contributed by atoms with van der Waals surface area (Å²) in [5, 5.41) is 3.61. The van der Waals surface area contributed by atoms with Crippen LogP contribution in [0.5, 0.6) is 0 Å². The van der Waals surface area contributed by atoms with E-state index in [-0.39, 0.29) is 0 Å². The van der Waals surface area contributed by atoms with Crippen LogP contribution in [-0.4, -0.2) is 6.54 Å².